The van der Waals surface area contributed by atoms with Crippen molar-refractivity contribution in [2.24, 2.45) is 0 Å². The van der Waals surface area contributed by atoms with Crippen molar-refractivity contribution in [3.8, 4) is 0 Å². The van der Waals surface area contributed by atoms with E-state index < -0.39 is 0 Å². The lowest BCUT2D eigenvalue weighted by atomic mass is 10.3. The Kier molecular flexibility index (Phi) is 10.6. The van der Waals surface area contributed by atoms with Gasteiger partial charge in [-0.05, 0) is 13.3 Å². The van der Waals surface area contributed by atoms with E-state index in [2.05, 4.69) is 26.0 Å². The van der Waals surface area contributed by atoms with Gasteiger partial charge in [0.15, 0.2) is 0 Å². The lowest BCUT2D eigenvalue weighted by molar-refractivity contribution is 0.959. The van der Waals surface area contributed by atoms with Gasteiger partial charge in [-0.3, -0.25) is 0 Å². The minimum Gasteiger partial charge on any atom is -0.0845 e. The number of hydrogen-bond acceptors (Lipinski definition) is 0. The average molecular weight is 187 g/mol. The Balaban J connectivity index is 3.60. The molecule has 0 fully saturated rings. The summed E-state index contributed by atoms with van der Waals surface area (Å²) in [4.78, 5) is 0. The minimum absolute atomic E-state index is 1.16. The Labute approximate surface area is 88.0 Å². The van der Waals surface area contributed by atoms with Gasteiger partial charge in [0.05, 0.1) is 0 Å². The third kappa shape index (κ3) is 10.7. The molecule has 0 unspecified atom stereocenters. The highest BCUT2D eigenvalue weighted by atomic mass is 13.7. The molecule has 0 saturated heterocycles. The highest BCUT2D eigenvalue weighted by molar-refractivity contribution is 5.17. The van der Waals surface area contributed by atoms with Crippen LogP contribution >= 0.6 is 0 Å². The third-order valence-electron chi connectivity index (χ3n) is 1.51. The maximum atomic E-state index is 3.58. The number of rotatable bonds is 6. The minimum atomic E-state index is 1.16. The summed E-state index contributed by atoms with van der Waals surface area (Å²) in [6.45, 7) is 5.76. The van der Waals surface area contributed by atoms with E-state index in [0.717, 1.165) is 6.42 Å². The fourth-order valence-electron chi connectivity index (χ4n) is 0.805. The van der Waals surface area contributed by atoms with Gasteiger partial charge in [0.25, 0.3) is 0 Å². The number of unbranched alkanes of at least 4 members (excludes halogenated alkanes) is 1. The zero-order valence-corrected chi connectivity index (χ0v) is 8.89. The van der Waals surface area contributed by atoms with Crippen molar-refractivity contribution >= 4 is 0 Å². The number of allylic oxidation sites excluding steroid dienone is 10. The molecule has 1 radical (unpaired) electrons. The topological polar surface area (TPSA) is 0 Å². The fraction of sp³-hybridized carbons (Fsp3) is 0.214. The molecule has 0 heterocycles. The molecule has 0 bridgehead atoms. The van der Waals surface area contributed by atoms with Crippen molar-refractivity contribution in [1.82, 2.24) is 0 Å². The van der Waals surface area contributed by atoms with Crippen LogP contribution in [0, 0.1) is 6.92 Å². The molecule has 0 nitrogen and oxygen atoms in total. The largest absolute Gasteiger partial charge is 0.0845 e. The first-order chi connectivity index (χ1) is 6.91. The first kappa shape index (κ1) is 12.7. The molecule has 0 saturated carbocycles. The summed E-state index contributed by atoms with van der Waals surface area (Å²) in [6, 6.07) is 0. The SMILES string of the molecule is [CH2]C=CC=CC=CC=CC=CCCC. The summed E-state index contributed by atoms with van der Waals surface area (Å²) in [5.41, 5.74) is 0. The van der Waals surface area contributed by atoms with Crippen molar-refractivity contribution < 1.29 is 0 Å². The predicted molar refractivity (Wildman–Crippen MR) is 66.0 cm³/mol. The van der Waals surface area contributed by atoms with Crippen LogP contribution in [0.3, 0.4) is 0 Å². The van der Waals surface area contributed by atoms with E-state index in [0.29, 0.717) is 0 Å². The van der Waals surface area contributed by atoms with Crippen molar-refractivity contribution in [3.63, 3.8) is 0 Å². The van der Waals surface area contributed by atoms with E-state index >= 15 is 0 Å². The van der Waals surface area contributed by atoms with Crippen molar-refractivity contribution in [2.75, 3.05) is 0 Å². The summed E-state index contributed by atoms with van der Waals surface area (Å²) in [7, 11) is 0. The molecule has 0 spiro atoms. The van der Waals surface area contributed by atoms with Crippen LogP contribution in [-0.2, 0) is 0 Å². The summed E-state index contributed by atoms with van der Waals surface area (Å²) in [5.74, 6) is 0. The van der Waals surface area contributed by atoms with Gasteiger partial charge in [-0.25, -0.2) is 0 Å². The van der Waals surface area contributed by atoms with Crippen molar-refractivity contribution in [1.29, 1.82) is 0 Å². The molecule has 0 N–H and O–H groups in total. The highest BCUT2D eigenvalue weighted by Gasteiger charge is 1.68. The third-order valence-corrected chi connectivity index (χ3v) is 1.51. The monoisotopic (exact) mass is 187 g/mol. The standard InChI is InChI=1S/C14H19/c1-3-5-7-9-11-13-14-12-10-8-6-4-2/h3,5,7-14H,1,4,6H2,2H3. The molecule has 14 heavy (non-hydrogen) atoms. The molecule has 0 aromatic rings. The Morgan fingerprint density at radius 3 is 1.79 bits per heavy atom. The van der Waals surface area contributed by atoms with E-state index in [1.165, 1.54) is 6.42 Å². The van der Waals surface area contributed by atoms with Gasteiger partial charge in [0, 0.05) is 0 Å². The highest BCUT2D eigenvalue weighted by Crippen LogP contribution is 1.89. The van der Waals surface area contributed by atoms with E-state index in [-0.39, 0.29) is 0 Å². The lowest BCUT2D eigenvalue weighted by Crippen LogP contribution is -1.58. The molecule has 0 amide bonds. The van der Waals surface area contributed by atoms with Crippen LogP contribution in [0.25, 0.3) is 0 Å². The molecule has 0 aromatic heterocycles. The van der Waals surface area contributed by atoms with Gasteiger partial charge in [-0.15, -0.1) is 0 Å². The Morgan fingerprint density at radius 1 is 0.786 bits per heavy atom. The first-order valence-corrected chi connectivity index (χ1v) is 5.02. The van der Waals surface area contributed by atoms with E-state index in [1.807, 2.05) is 42.5 Å². The van der Waals surface area contributed by atoms with Crippen LogP contribution in [0.15, 0.2) is 60.8 Å². The molecule has 0 heteroatoms. The van der Waals surface area contributed by atoms with E-state index in [4.69, 9.17) is 0 Å². The maximum Gasteiger partial charge on any atom is -0.0313 e. The Hall–Kier alpha value is -1.30. The van der Waals surface area contributed by atoms with Crippen LogP contribution in [0.2, 0.25) is 0 Å². The van der Waals surface area contributed by atoms with Gasteiger partial charge >= 0.3 is 0 Å². The molecule has 0 atom stereocenters. The number of hydrogen-bond donors (Lipinski definition) is 0. The second-order valence-electron chi connectivity index (χ2n) is 2.80. The van der Waals surface area contributed by atoms with Crippen LogP contribution in [0.4, 0.5) is 0 Å². The van der Waals surface area contributed by atoms with Crippen molar-refractivity contribution in [2.45, 2.75) is 19.8 Å². The van der Waals surface area contributed by atoms with Crippen LogP contribution in [-0.4, -0.2) is 0 Å². The summed E-state index contributed by atoms with van der Waals surface area (Å²) < 4.78 is 0. The molecule has 75 valence electrons. The van der Waals surface area contributed by atoms with Gasteiger partial charge in [-0.1, -0.05) is 74.1 Å². The van der Waals surface area contributed by atoms with E-state index in [9.17, 15) is 0 Å². The van der Waals surface area contributed by atoms with Gasteiger partial charge in [-0.2, -0.15) is 0 Å². The molecule has 0 aliphatic heterocycles. The molecule has 0 aliphatic rings. The summed E-state index contributed by atoms with van der Waals surface area (Å²) in [6.07, 6.45) is 22.2. The zero-order valence-electron chi connectivity index (χ0n) is 8.89. The molecule has 0 aliphatic carbocycles. The smallest absolute Gasteiger partial charge is 0.0313 e. The summed E-state index contributed by atoms with van der Waals surface area (Å²) in [5, 5.41) is 0. The average Bonchev–Trinajstić information content (AvgIpc) is 2.21. The van der Waals surface area contributed by atoms with Crippen molar-refractivity contribution in [3.05, 3.63) is 67.7 Å². The Morgan fingerprint density at radius 2 is 1.29 bits per heavy atom. The maximum absolute atomic E-state index is 3.58. The molecular weight excluding hydrogens is 168 g/mol. The van der Waals surface area contributed by atoms with Crippen LogP contribution in [0.1, 0.15) is 19.8 Å². The Bertz CT molecular complexity index is 237. The normalized spacial score (nSPS) is 13.6. The molecule has 0 aromatic carbocycles. The fourth-order valence-corrected chi connectivity index (χ4v) is 0.805. The van der Waals surface area contributed by atoms with E-state index in [1.54, 1.807) is 6.08 Å². The van der Waals surface area contributed by atoms with Crippen LogP contribution < -0.4 is 0 Å². The quantitative estimate of drug-likeness (QED) is 0.541. The first-order valence-electron chi connectivity index (χ1n) is 5.02. The summed E-state index contributed by atoms with van der Waals surface area (Å²) >= 11 is 0. The molecular formula is C14H19. The lowest BCUT2D eigenvalue weighted by Gasteiger charge is -1.79. The second kappa shape index (κ2) is 11.7. The van der Waals surface area contributed by atoms with Gasteiger partial charge < -0.3 is 0 Å². The van der Waals surface area contributed by atoms with Gasteiger partial charge in [0.1, 0.15) is 0 Å². The molecule has 0 rings (SSSR count). The second-order valence-corrected chi connectivity index (χ2v) is 2.80. The predicted octanol–water partition coefficient (Wildman–Crippen LogP) is 4.40. The van der Waals surface area contributed by atoms with Gasteiger partial charge in [0.2, 0.25) is 0 Å². The van der Waals surface area contributed by atoms with Crippen LogP contribution in [0.5, 0.6) is 0 Å². The zero-order chi connectivity index (χ0) is 10.5.